The van der Waals surface area contributed by atoms with Gasteiger partial charge in [-0.3, -0.25) is 4.79 Å². The van der Waals surface area contributed by atoms with Gasteiger partial charge in [0.1, 0.15) is 11.5 Å². The molecule has 0 radical (unpaired) electrons. The van der Waals surface area contributed by atoms with Crippen molar-refractivity contribution in [3.63, 3.8) is 0 Å². The van der Waals surface area contributed by atoms with Gasteiger partial charge in [0.05, 0.1) is 34.5 Å². The molecule has 0 aliphatic heterocycles. The number of phenolic OH excluding ortho intramolecular Hbond substituents is 2. The van der Waals surface area contributed by atoms with E-state index in [2.05, 4.69) is 34.2 Å². The van der Waals surface area contributed by atoms with Crippen LogP contribution in [0.5, 0.6) is 11.5 Å². The normalized spacial score (nSPS) is 11.1. The third-order valence-electron chi connectivity index (χ3n) is 8.83. The van der Waals surface area contributed by atoms with E-state index in [1.165, 1.54) is 18.2 Å². The first kappa shape index (κ1) is 31.1. The predicted molar refractivity (Wildman–Crippen MR) is 193 cm³/mol. The van der Waals surface area contributed by atoms with E-state index in [1.54, 1.807) is 36.4 Å². The fraction of sp³-hybridized carbons (Fsp3) is 0.0732. The Balaban J connectivity index is 0.000000154. The van der Waals surface area contributed by atoms with E-state index in [0.717, 1.165) is 46.0 Å². The highest BCUT2D eigenvalue weighted by molar-refractivity contribution is 6.20. The van der Waals surface area contributed by atoms with Crippen molar-refractivity contribution in [3.05, 3.63) is 155 Å². The van der Waals surface area contributed by atoms with Gasteiger partial charge >= 0.3 is 5.97 Å². The molecule has 6 N–H and O–H groups in total. The monoisotopic (exact) mass is 647 g/mol. The number of primary amides is 1. The van der Waals surface area contributed by atoms with Crippen LogP contribution in [0.15, 0.2) is 121 Å². The number of carbonyl (C=O) groups is 2. The summed E-state index contributed by atoms with van der Waals surface area (Å²) in [5.74, 6) is -0.634. The molecule has 8 nitrogen and oxygen atoms in total. The zero-order chi connectivity index (χ0) is 34.1. The number of hydrogen-bond acceptors (Lipinski definition) is 5. The molecule has 0 unspecified atom stereocenters. The number of benzene rings is 6. The third kappa shape index (κ3) is 5.80. The fourth-order valence-electron chi connectivity index (χ4n) is 6.59. The van der Waals surface area contributed by atoms with Crippen molar-refractivity contribution in [3.8, 4) is 11.5 Å². The number of phenols is 2. The molecule has 2 heterocycles. The topological polar surface area (TPSA) is 141 Å². The Morgan fingerprint density at radius 2 is 1.02 bits per heavy atom. The summed E-state index contributed by atoms with van der Waals surface area (Å²) >= 11 is 0. The largest absolute Gasteiger partial charge is 0.507 e. The molecule has 8 rings (SSSR count). The first-order chi connectivity index (χ1) is 23.8. The third-order valence-corrected chi connectivity index (χ3v) is 8.83. The smallest absolute Gasteiger partial charge is 0.338 e. The number of ether oxygens (including phenoxy) is 1. The zero-order valence-electron chi connectivity index (χ0n) is 26.7. The summed E-state index contributed by atoms with van der Waals surface area (Å²) in [6.45, 7) is 0. The molecular formula is C41H33N3O5. The Kier molecular flexibility index (Phi) is 8.20. The average Bonchev–Trinajstić information content (AvgIpc) is 3.72. The summed E-state index contributed by atoms with van der Waals surface area (Å²) < 4.78 is 4.89. The van der Waals surface area contributed by atoms with E-state index < -0.39 is 11.9 Å². The lowest BCUT2D eigenvalue weighted by Crippen LogP contribution is -2.10. The molecule has 0 atom stereocenters. The van der Waals surface area contributed by atoms with Gasteiger partial charge in [-0.1, -0.05) is 84.9 Å². The number of esters is 1. The Morgan fingerprint density at radius 1 is 0.571 bits per heavy atom. The summed E-state index contributed by atoms with van der Waals surface area (Å²) in [5, 5.41) is 23.5. The number of methoxy groups -OCH3 is 1. The molecule has 8 heteroatoms. The first-order valence-corrected chi connectivity index (χ1v) is 15.8. The van der Waals surface area contributed by atoms with Gasteiger partial charge in [0.25, 0.3) is 0 Å². The van der Waals surface area contributed by atoms with Crippen LogP contribution < -0.4 is 5.73 Å². The zero-order valence-corrected chi connectivity index (χ0v) is 26.7. The maximum absolute atomic E-state index is 12.1. The van der Waals surface area contributed by atoms with Gasteiger partial charge in [-0.2, -0.15) is 0 Å². The lowest BCUT2D eigenvalue weighted by atomic mass is 9.99. The van der Waals surface area contributed by atoms with Gasteiger partial charge in [-0.25, -0.2) is 4.79 Å². The Hall–Kier alpha value is -6.54. The van der Waals surface area contributed by atoms with Crippen LogP contribution in [0.3, 0.4) is 0 Å². The van der Waals surface area contributed by atoms with Gasteiger partial charge in [-0.05, 0) is 71.5 Å². The molecule has 0 saturated carbocycles. The highest BCUT2D eigenvalue weighted by Gasteiger charge is 2.20. The molecule has 0 aliphatic carbocycles. The molecule has 0 aliphatic rings. The van der Waals surface area contributed by atoms with E-state index >= 15 is 0 Å². The predicted octanol–water partition coefficient (Wildman–Crippen LogP) is 8.12. The quantitative estimate of drug-likeness (QED) is 0.116. The molecule has 0 bridgehead atoms. The SMILES string of the molecule is COC(=O)c1cccc2[nH]c3c(Cc4ccccc4)ccc(O)c3c12.NC(=O)c1cccc2[nH]c3c(Cc4ccccc4)ccc(O)c3c12. The maximum atomic E-state index is 12.1. The van der Waals surface area contributed by atoms with Crippen molar-refractivity contribution in [2.45, 2.75) is 12.8 Å². The van der Waals surface area contributed by atoms with Crippen LogP contribution in [-0.4, -0.2) is 39.2 Å². The van der Waals surface area contributed by atoms with Crippen LogP contribution in [0.25, 0.3) is 43.6 Å². The molecule has 242 valence electrons. The molecule has 8 aromatic rings. The number of aromatic nitrogens is 2. The average molecular weight is 648 g/mol. The Labute approximate surface area is 281 Å². The van der Waals surface area contributed by atoms with Gasteiger partial charge in [-0.15, -0.1) is 0 Å². The lowest BCUT2D eigenvalue weighted by molar-refractivity contribution is 0.0603. The van der Waals surface area contributed by atoms with Gasteiger partial charge in [0.15, 0.2) is 0 Å². The van der Waals surface area contributed by atoms with Crippen LogP contribution in [0.2, 0.25) is 0 Å². The number of rotatable bonds is 6. The van der Waals surface area contributed by atoms with Gasteiger partial charge in [0.2, 0.25) is 5.91 Å². The highest BCUT2D eigenvalue weighted by atomic mass is 16.5. The number of aromatic amines is 2. The van der Waals surface area contributed by atoms with E-state index in [9.17, 15) is 19.8 Å². The molecule has 49 heavy (non-hydrogen) atoms. The van der Waals surface area contributed by atoms with Crippen LogP contribution in [0, 0.1) is 0 Å². The molecule has 1 amide bonds. The van der Waals surface area contributed by atoms with Crippen molar-refractivity contribution in [1.82, 2.24) is 9.97 Å². The van der Waals surface area contributed by atoms with Crippen molar-refractivity contribution in [1.29, 1.82) is 0 Å². The number of H-pyrrole nitrogens is 2. The summed E-state index contributed by atoms with van der Waals surface area (Å²) in [6, 6.07) is 38.2. The van der Waals surface area contributed by atoms with Gasteiger partial charge < -0.3 is 30.7 Å². The second-order valence-electron chi connectivity index (χ2n) is 11.9. The fourth-order valence-corrected chi connectivity index (χ4v) is 6.59. The van der Waals surface area contributed by atoms with Crippen molar-refractivity contribution in [2.24, 2.45) is 5.73 Å². The number of aromatic hydroxyl groups is 2. The molecule has 0 saturated heterocycles. The number of nitrogens with one attached hydrogen (secondary N) is 2. The first-order valence-electron chi connectivity index (χ1n) is 15.8. The van der Waals surface area contributed by atoms with E-state index in [1.807, 2.05) is 60.7 Å². The second kappa shape index (κ2) is 12.9. The number of carbonyl (C=O) groups excluding carboxylic acids is 2. The summed E-state index contributed by atoms with van der Waals surface area (Å²) in [7, 11) is 1.36. The number of fused-ring (bicyclic) bond motifs is 6. The number of amides is 1. The van der Waals surface area contributed by atoms with Crippen molar-refractivity contribution in [2.75, 3.05) is 7.11 Å². The second-order valence-corrected chi connectivity index (χ2v) is 11.9. The highest BCUT2D eigenvalue weighted by Crippen LogP contribution is 2.38. The van der Waals surface area contributed by atoms with Crippen LogP contribution >= 0.6 is 0 Å². The summed E-state index contributed by atoms with van der Waals surface area (Å²) in [6.07, 6.45) is 1.47. The molecule has 0 fully saturated rings. The summed E-state index contributed by atoms with van der Waals surface area (Å²) in [4.78, 5) is 30.6. The maximum Gasteiger partial charge on any atom is 0.338 e. The minimum Gasteiger partial charge on any atom is -0.507 e. The molecule has 2 aromatic heterocycles. The number of nitrogens with two attached hydrogens (primary N) is 1. The molecule has 0 spiro atoms. The lowest BCUT2D eigenvalue weighted by Gasteiger charge is -2.06. The molecule has 6 aromatic carbocycles. The molecular weight excluding hydrogens is 614 g/mol. The number of hydrogen-bond donors (Lipinski definition) is 5. The minimum atomic E-state index is -0.505. The van der Waals surface area contributed by atoms with E-state index in [4.69, 9.17) is 10.5 Å². The van der Waals surface area contributed by atoms with E-state index in [0.29, 0.717) is 32.7 Å². The van der Waals surface area contributed by atoms with E-state index in [-0.39, 0.29) is 11.5 Å². The van der Waals surface area contributed by atoms with Crippen LogP contribution in [0.4, 0.5) is 0 Å². The van der Waals surface area contributed by atoms with Crippen molar-refractivity contribution < 1.29 is 24.5 Å². The standard InChI is InChI=1S/C21H17NO3.C20H16N2O2/c1-25-21(24)15-8-5-9-16-18(15)19-17(23)11-10-14(20(19)22-16)12-13-6-3-2-4-7-13;21-20(24)14-7-4-8-15-17(14)18-16(23)10-9-13(19(18)22-15)11-12-5-2-1-3-6-12/h2-11,22-23H,12H2,1H3;1-10,22-23H,11H2,(H2,21,24). The Bertz CT molecular complexity index is 2500. The summed E-state index contributed by atoms with van der Waals surface area (Å²) in [5.41, 5.74) is 14.1. The van der Waals surface area contributed by atoms with Crippen molar-refractivity contribution >= 4 is 55.5 Å². The van der Waals surface area contributed by atoms with Gasteiger partial charge in [0, 0.05) is 27.4 Å². The van der Waals surface area contributed by atoms with Crippen LogP contribution in [0.1, 0.15) is 43.0 Å². The minimum absolute atomic E-state index is 0.141. The Morgan fingerprint density at radius 3 is 1.47 bits per heavy atom. The van der Waals surface area contributed by atoms with Crippen LogP contribution in [-0.2, 0) is 17.6 Å².